The van der Waals surface area contributed by atoms with Crippen LogP contribution in [0.5, 0.6) is 0 Å². The molecule has 4 saturated carbocycles. The highest BCUT2D eigenvalue weighted by Gasteiger charge is 2.59. The third-order valence-electron chi connectivity index (χ3n) is 8.71. The molecule has 0 unspecified atom stereocenters. The molecule has 0 aromatic heterocycles. The first-order valence-electron chi connectivity index (χ1n) is 9.39. The van der Waals surface area contributed by atoms with Gasteiger partial charge in [-0.25, -0.2) is 0 Å². The third kappa shape index (κ3) is 1.91. The summed E-state index contributed by atoms with van der Waals surface area (Å²) in [7, 11) is 0. The maximum Gasteiger partial charge on any atom is 0.0543 e. The largest absolute Gasteiger partial charge is 0.393 e. The quantitative estimate of drug-likeness (QED) is 0.714. The first-order valence-corrected chi connectivity index (χ1v) is 9.39. The van der Waals surface area contributed by atoms with Crippen molar-refractivity contribution in [2.45, 2.75) is 83.8 Å². The van der Waals surface area contributed by atoms with Crippen LogP contribution in [0.1, 0.15) is 71.6 Å². The maximum atomic E-state index is 10.1. The van der Waals surface area contributed by atoms with Crippen LogP contribution in [-0.4, -0.2) is 17.3 Å². The molecule has 0 heterocycles. The van der Waals surface area contributed by atoms with Crippen molar-refractivity contribution in [1.82, 2.24) is 0 Å². The van der Waals surface area contributed by atoms with E-state index in [2.05, 4.69) is 13.8 Å². The van der Waals surface area contributed by atoms with Gasteiger partial charge in [0.05, 0.1) is 6.10 Å². The van der Waals surface area contributed by atoms with Gasteiger partial charge >= 0.3 is 0 Å². The zero-order valence-corrected chi connectivity index (χ0v) is 13.9. The monoisotopic (exact) mass is 291 g/mol. The third-order valence-corrected chi connectivity index (χ3v) is 8.71. The average molecular weight is 291 g/mol. The van der Waals surface area contributed by atoms with E-state index in [0.29, 0.717) is 16.9 Å². The molecule has 2 heteroatoms. The van der Waals surface area contributed by atoms with Crippen LogP contribution >= 0.6 is 0 Å². The number of aliphatic hydroxyl groups is 1. The van der Waals surface area contributed by atoms with Crippen molar-refractivity contribution in [3.8, 4) is 0 Å². The van der Waals surface area contributed by atoms with Gasteiger partial charge in [0.1, 0.15) is 0 Å². The Morgan fingerprint density at radius 2 is 1.57 bits per heavy atom. The van der Waals surface area contributed by atoms with Crippen LogP contribution in [0.15, 0.2) is 0 Å². The van der Waals surface area contributed by atoms with Crippen LogP contribution in [0.4, 0.5) is 0 Å². The fourth-order valence-electron chi connectivity index (χ4n) is 7.28. The van der Waals surface area contributed by atoms with E-state index in [9.17, 15) is 5.11 Å². The molecule has 120 valence electrons. The molecule has 0 aliphatic heterocycles. The van der Waals surface area contributed by atoms with Gasteiger partial charge < -0.3 is 10.8 Å². The van der Waals surface area contributed by atoms with Crippen molar-refractivity contribution in [3.63, 3.8) is 0 Å². The minimum atomic E-state index is -0.0200. The van der Waals surface area contributed by atoms with E-state index in [1.807, 2.05) is 0 Å². The fraction of sp³-hybridized carbons (Fsp3) is 1.00. The normalized spacial score (nSPS) is 60.0. The zero-order valence-electron chi connectivity index (χ0n) is 13.9. The Balaban J connectivity index is 1.62. The van der Waals surface area contributed by atoms with Gasteiger partial charge in [-0.1, -0.05) is 13.8 Å². The van der Waals surface area contributed by atoms with E-state index in [1.165, 1.54) is 44.9 Å². The summed E-state index contributed by atoms with van der Waals surface area (Å²) >= 11 is 0. The molecule has 8 atom stereocenters. The summed E-state index contributed by atoms with van der Waals surface area (Å²) < 4.78 is 0. The van der Waals surface area contributed by atoms with Crippen LogP contribution in [0.25, 0.3) is 0 Å². The lowest BCUT2D eigenvalue weighted by Crippen LogP contribution is -2.55. The number of nitrogens with two attached hydrogens (primary N) is 1. The van der Waals surface area contributed by atoms with Crippen LogP contribution < -0.4 is 5.73 Å². The van der Waals surface area contributed by atoms with E-state index in [0.717, 1.165) is 36.5 Å². The lowest BCUT2D eigenvalue weighted by atomic mass is 9.45. The molecule has 3 N–H and O–H groups in total. The molecule has 4 aliphatic carbocycles. The van der Waals surface area contributed by atoms with E-state index in [1.54, 1.807) is 0 Å². The highest BCUT2D eigenvalue weighted by Crippen LogP contribution is 2.65. The molecule has 0 spiro atoms. The fourth-order valence-corrected chi connectivity index (χ4v) is 7.28. The Bertz CT molecular complexity index is 424. The van der Waals surface area contributed by atoms with Crippen LogP contribution in [0, 0.1) is 34.5 Å². The van der Waals surface area contributed by atoms with E-state index in [-0.39, 0.29) is 6.10 Å². The molecule has 4 aliphatic rings. The first kappa shape index (κ1) is 14.5. The van der Waals surface area contributed by atoms with Gasteiger partial charge in [0.25, 0.3) is 0 Å². The molecule has 21 heavy (non-hydrogen) atoms. The molecular formula is C19H33NO. The van der Waals surface area contributed by atoms with Crippen molar-refractivity contribution in [1.29, 1.82) is 0 Å². The van der Waals surface area contributed by atoms with Gasteiger partial charge in [-0.2, -0.15) is 0 Å². The summed E-state index contributed by atoms with van der Waals surface area (Å²) in [5.74, 6) is 3.50. The minimum absolute atomic E-state index is 0.0200. The van der Waals surface area contributed by atoms with Crippen LogP contribution in [0.3, 0.4) is 0 Å². The van der Waals surface area contributed by atoms with Crippen molar-refractivity contribution in [3.05, 3.63) is 0 Å². The van der Waals surface area contributed by atoms with Crippen LogP contribution in [0.2, 0.25) is 0 Å². The predicted octanol–water partition coefficient (Wildman–Crippen LogP) is 3.72. The molecule has 0 bridgehead atoms. The molecular weight excluding hydrogens is 258 g/mol. The standard InChI is InChI=1S/C19H33NO/c1-18-9-7-13(21)11-12(18)3-4-14-15-5-6-17(20)19(15,2)10-8-16(14)18/h12-17,21H,3-11,20H2,1-2H3/t12-,13+,14-,15-,16-,17+,18-,19-/m0/s1. The number of aliphatic hydroxyl groups excluding tert-OH is 1. The minimum Gasteiger partial charge on any atom is -0.393 e. The maximum absolute atomic E-state index is 10.1. The summed E-state index contributed by atoms with van der Waals surface area (Å²) in [6, 6.07) is 0.446. The lowest BCUT2D eigenvalue weighted by molar-refractivity contribution is -0.122. The highest BCUT2D eigenvalue weighted by atomic mass is 16.3. The number of rotatable bonds is 0. The Hall–Kier alpha value is -0.0800. The summed E-state index contributed by atoms with van der Waals surface area (Å²) in [5.41, 5.74) is 7.43. The second-order valence-corrected chi connectivity index (χ2v) is 9.31. The van der Waals surface area contributed by atoms with Gasteiger partial charge in [0.15, 0.2) is 0 Å². The Morgan fingerprint density at radius 3 is 2.38 bits per heavy atom. The summed E-state index contributed by atoms with van der Waals surface area (Å²) in [6.07, 6.45) is 11.5. The molecule has 2 nitrogen and oxygen atoms in total. The van der Waals surface area contributed by atoms with Gasteiger partial charge in [-0.05, 0) is 92.3 Å². The van der Waals surface area contributed by atoms with Gasteiger partial charge in [0, 0.05) is 6.04 Å². The molecule has 0 saturated heterocycles. The molecule has 4 fully saturated rings. The predicted molar refractivity (Wildman–Crippen MR) is 85.7 cm³/mol. The van der Waals surface area contributed by atoms with Crippen molar-refractivity contribution >= 4 is 0 Å². The van der Waals surface area contributed by atoms with Crippen molar-refractivity contribution in [2.24, 2.45) is 40.2 Å². The van der Waals surface area contributed by atoms with Gasteiger partial charge in [-0.3, -0.25) is 0 Å². The number of hydrogen-bond acceptors (Lipinski definition) is 2. The second-order valence-electron chi connectivity index (χ2n) is 9.31. The topological polar surface area (TPSA) is 46.2 Å². The first-order chi connectivity index (χ1) is 9.95. The number of hydrogen-bond donors (Lipinski definition) is 2. The smallest absolute Gasteiger partial charge is 0.0543 e. The molecule has 0 aromatic rings. The number of fused-ring (bicyclic) bond motifs is 5. The zero-order chi connectivity index (χ0) is 14.8. The molecule has 0 amide bonds. The van der Waals surface area contributed by atoms with Crippen LogP contribution in [-0.2, 0) is 0 Å². The molecule has 0 radical (unpaired) electrons. The SMILES string of the molecule is C[C@]12CC[C@@H](O)C[C@@H]1CC[C@@H]1[C@@H]2CC[C@]2(C)[C@H](N)CC[C@@H]12. The Labute approximate surface area is 129 Å². The van der Waals surface area contributed by atoms with Crippen molar-refractivity contribution < 1.29 is 5.11 Å². The van der Waals surface area contributed by atoms with Gasteiger partial charge in [-0.15, -0.1) is 0 Å². The summed E-state index contributed by atoms with van der Waals surface area (Å²) in [4.78, 5) is 0. The summed E-state index contributed by atoms with van der Waals surface area (Å²) in [6.45, 7) is 5.06. The Morgan fingerprint density at radius 1 is 0.857 bits per heavy atom. The Kier molecular flexibility index (Phi) is 3.25. The average Bonchev–Trinajstić information content (AvgIpc) is 2.76. The molecule has 4 rings (SSSR count). The lowest BCUT2D eigenvalue weighted by Gasteiger charge is -2.60. The molecule has 0 aromatic carbocycles. The van der Waals surface area contributed by atoms with Crippen molar-refractivity contribution in [2.75, 3.05) is 0 Å². The summed E-state index contributed by atoms with van der Waals surface area (Å²) in [5, 5.41) is 10.1. The van der Waals surface area contributed by atoms with E-state index in [4.69, 9.17) is 5.73 Å². The second kappa shape index (κ2) is 4.71. The van der Waals surface area contributed by atoms with E-state index < -0.39 is 0 Å². The van der Waals surface area contributed by atoms with E-state index >= 15 is 0 Å². The van der Waals surface area contributed by atoms with Gasteiger partial charge in [0.2, 0.25) is 0 Å². The highest BCUT2D eigenvalue weighted by molar-refractivity contribution is 5.10.